The van der Waals surface area contributed by atoms with E-state index in [1.165, 1.54) is 6.07 Å². The summed E-state index contributed by atoms with van der Waals surface area (Å²) in [6, 6.07) is 7.54. The molecule has 9 heteroatoms. The second-order valence-electron chi connectivity index (χ2n) is 6.34. The molecule has 0 radical (unpaired) electrons. The summed E-state index contributed by atoms with van der Waals surface area (Å²) in [4.78, 5) is 1.82. The molecule has 1 saturated heterocycles. The van der Waals surface area contributed by atoms with Crippen molar-refractivity contribution < 1.29 is 17.6 Å². The predicted molar refractivity (Wildman–Crippen MR) is 90.2 cm³/mol. The number of hydrogen-bond acceptors (Lipinski definition) is 5. The lowest BCUT2D eigenvalue weighted by Crippen LogP contribution is -2.43. The lowest BCUT2D eigenvalue weighted by Gasteiger charge is -2.35. The van der Waals surface area contributed by atoms with Crippen LogP contribution < -0.4 is 10.2 Å². The molecule has 142 valence electrons. The first-order valence-electron chi connectivity index (χ1n) is 8.44. The normalized spacial score (nSPS) is 15.4. The van der Waals surface area contributed by atoms with Crippen LogP contribution in [0, 0.1) is 17.1 Å². The van der Waals surface area contributed by atoms with Crippen molar-refractivity contribution in [2.24, 2.45) is 0 Å². The minimum Gasteiger partial charge on any atom is -0.348 e. The van der Waals surface area contributed by atoms with Gasteiger partial charge in [0.1, 0.15) is 11.9 Å². The van der Waals surface area contributed by atoms with E-state index in [0.717, 1.165) is 38.1 Å². The number of anilines is 1. The Morgan fingerprint density at radius 1 is 1.15 bits per heavy atom. The highest BCUT2D eigenvalue weighted by Gasteiger charge is 2.32. The van der Waals surface area contributed by atoms with Crippen LogP contribution in [0.2, 0.25) is 0 Å². The Bertz CT molecular complexity index is 823. The lowest BCUT2D eigenvalue weighted by molar-refractivity contribution is -0.137. The summed E-state index contributed by atoms with van der Waals surface area (Å²) in [5, 5.41) is 19.9. The van der Waals surface area contributed by atoms with Crippen molar-refractivity contribution in [3.63, 3.8) is 0 Å². The first-order valence-corrected chi connectivity index (χ1v) is 8.44. The number of alkyl halides is 3. The molecule has 2 aromatic rings. The van der Waals surface area contributed by atoms with E-state index in [1.54, 1.807) is 6.07 Å². The van der Waals surface area contributed by atoms with E-state index in [4.69, 9.17) is 5.26 Å². The molecular formula is C18H17F4N5. The molecule has 3 rings (SSSR count). The quantitative estimate of drug-likeness (QED) is 0.826. The van der Waals surface area contributed by atoms with Gasteiger partial charge in [-0.3, -0.25) is 0 Å². The average molecular weight is 379 g/mol. The molecule has 1 aromatic heterocycles. The predicted octanol–water partition coefficient (Wildman–Crippen LogP) is 3.26. The highest BCUT2D eigenvalue weighted by atomic mass is 19.4. The van der Waals surface area contributed by atoms with Gasteiger partial charge in [0.15, 0.2) is 11.5 Å². The SMILES string of the molecule is N#Cc1ccc(N(Cc2cc(F)cc(C(F)(F)F)c2)C2CCNCC2)nn1. The van der Waals surface area contributed by atoms with Gasteiger partial charge in [-0.25, -0.2) is 4.39 Å². The van der Waals surface area contributed by atoms with Crippen molar-refractivity contribution in [1.29, 1.82) is 5.26 Å². The summed E-state index contributed by atoms with van der Waals surface area (Å²) in [5.41, 5.74) is -0.671. The second kappa shape index (κ2) is 7.88. The molecule has 0 unspecified atom stereocenters. The van der Waals surface area contributed by atoms with Crippen molar-refractivity contribution in [2.75, 3.05) is 18.0 Å². The Morgan fingerprint density at radius 3 is 2.48 bits per heavy atom. The van der Waals surface area contributed by atoms with E-state index in [-0.39, 0.29) is 23.8 Å². The molecule has 0 amide bonds. The number of halogens is 4. The molecule has 0 atom stereocenters. The zero-order valence-corrected chi connectivity index (χ0v) is 14.3. The zero-order chi connectivity index (χ0) is 19.4. The van der Waals surface area contributed by atoms with Crippen LogP contribution in [-0.2, 0) is 12.7 Å². The minimum absolute atomic E-state index is 0.0195. The van der Waals surface area contributed by atoms with Gasteiger partial charge < -0.3 is 10.2 Å². The Balaban J connectivity index is 1.93. The van der Waals surface area contributed by atoms with E-state index in [0.29, 0.717) is 11.9 Å². The van der Waals surface area contributed by atoms with Crippen molar-refractivity contribution in [1.82, 2.24) is 15.5 Å². The van der Waals surface area contributed by atoms with E-state index in [9.17, 15) is 17.6 Å². The topological polar surface area (TPSA) is 64.8 Å². The molecule has 0 saturated carbocycles. The highest BCUT2D eigenvalue weighted by Crippen LogP contribution is 2.31. The van der Waals surface area contributed by atoms with Crippen LogP contribution >= 0.6 is 0 Å². The Morgan fingerprint density at radius 2 is 1.89 bits per heavy atom. The summed E-state index contributed by atoms with van der Waals surface area (Å²) < 4.78 is 52.8. The van der Waals surface area contributed by atoms with Crippen molar-refractivity contribution in [2.45, 2.75) is 31.6 Å². The molecule has 5 nitrogen and oxygen atoms in total. The molecule has 1 aromatic carbocycles. The Hall–Kier alpha value is -2.73. The minimum atomic E-state index is -4.62. The third-order valence-electron chi connectivity index (χ3n) is 4.45. The molecule has 1 aliphatic rings. The molecule has 27 heavy (non-hydrogen) atoms. The van der Waals surface area contributed by atoms with Crippen LogP contribution in [0.1, 0.15) is 29.7 Å². The zero-order valence-electron chi connectivity index (χ0n) is 14.3. The van der Waals surface area contributed by atoms with Gasteiger partial charge in [0.05, 0.1) is 5.56 Å². The Kier molecular flexibility index (Phi) is 5.56. The monoisotopic (exact) mass is 379 g/mol. The Labute approximate surface area is 153 Å². The van der Waals surface area contributed by atoms with Crippen molar-refractivity contribution >= 4 is 5.82 Å². The molecule has 1 fully saturated rings. The number of nitriles is 1. The summed E-state index contributed by atoms with van der Waals surface area (Å²) in [6.45, 7) is 1.59. The number of hydrogen-bond donors (Lipinski definition) is 1. The van der Waals surface area contributed by atoms with Crippen LogP contribution in [0.25, 0.3) is 0 Å². The van der Waals surface area contributed by atoms with Crippen LogP contribution in [0.4, 0.5) is 23.4 Å². The van der Waals surface area contributed by atoms with Gasteiger partial charge in [-0.05, 0) is 61.8 Å². The van der Waals surface area contributed by atoms with Crippen LogP contribution in [0.15, 0.2) is 30.3 Å². The summed E-state index contributed by atoms with van der Waals surface area (Å²) in [7, 11) is 0. The van der Waals surface area contributed by atoms with Gasteiger partial charge >= 0.3 is 6.18 Å². The fourth-order valence-electron chi connectivity index (χ4n) is 3.16. The second-order valence-corrected chi connectivity index (χ2v) is 6.34. The molecule has 2 heterocycles. The highest BCUT2D eigenvalue weighted by molar-refractivity contribution is 5.42. The van der Waals surface area contributed by atoms with Gasteiger partial charge in [-0.15, -0.1) is 10.2 Å². The smallest absolute Gasteiger partial charge is 0.348 e. The number of nitrogens with one attached hydrogen (secondary N) is 1. The van der Waals surface area contributed by atoms with Crippen molar-refractivity contribution in [3.8, 4) is 6.07 Å². The first-order chi connectivity index (χ1) is 12.9. The molecular weight excluding hydrogens is 362 g/mol. The lowest BCUT2D eigenvalue weighted by atomic mass is 10.0. The maximum Gasteiger partial charge on any atom is 0.416 e. The van der Waals surface area contributed by atoms with E-state index >= 15 is 0 Å². The molecule has 0 aliphatic carbocycles. The maximum absolute atomic E-state index is 13.8. The van der Waals surface area contributed by atoms with Crippen LogP contribution in [0.5, 0.6) is 0 Å². The third-order valence-corrected chi connectivity index (χ3v) is 4.45. The molecule has 0 spiro atoms. The number of rotatable bonds is 4. The van der Waals surface area contributed by atoms with Gasteiger partial charge in [0.25, 0.3) is 0 Å². The summed E-state index contributed by atoms with van der Waals surface area (Å²) in [6.07, 6.45) is -3.09. The molecule has 1 aliphatic heterocycles. The van der Waals surface area contributed by atoms with Crippen LogP contribution in [0.3, 0.4) is 0 Å². The molecule has 0 bridgehead atoms. The van der Waals surface area contributed by atoms with Gasteiger partial charge in [0, 0.05) is 12.6 Å². The maximum atomic E-state index is 13.8. The number of aromatic nitrogens is 2. The van der Waals surface area contributed by atoms with Crippen molar-refractivity contribution in [3.05, 3.63) is 53.0 Å². The van der Waals surface area contributed by atoms with Gasteiger partial charge in [-0.1, -0.05) is 0 Å². The first kappa shape index (κ1) is 19.0. The van der Waals surface area contributed by atoms with E-state index in [2.05, 4.69) is 15.5 Å². The fourth-order valence-corrected chi connectivity index (χ4v) is 3.16. The van der Waals surface area contributed by atoms with Gasteiger partial charge in [0.2, 0.25) is 0 Å². The number of nitrogens with zero attached hydrogens (tertiary/aromatic N) is 4. The fraction of sp³-hybridized carbons (Fsp3) is 0.389. The summed E-state index contributed by atoms with van der Waals surface area (Å²) >= 11 is 0. The van der Waals surface area contributed by atoms with E-state index in [1.807, 2.05) is 11.0 Å². The third kappa shape index (κ3) is 4.71. The molecule has 1 N–H and O–H groups in total. The number of benzene rings is 1. The standard InChI is InChI=1S/C18H17F4N5/c19-14-8-12(7-13(9-14)18(20,21)22)11-27(16-3-5-24-6-4-16)17-2-1-15(10-23)25-26-17/h1-2,7-9,16,24H,3-6,11H2. The van der Waals surface area contributed by atoms with E-state index < -0.39 is 17.6 Å². The number of piperidine rings is 1. The van der Waals surface area contributed by atoms with Crippen LogP contribution in [-0.4, -0.2) is 29.3 Å². The van der Waals surface area contributed by atoms with Gasteiger partial charge in [-0.2, -0.15) is 18.4 Å². The summed E-state index contributed by atoms with van der Waals surface area (Å²) in [5.74, 6) is -0.491. The average Bonchev–Trinajstić information content (AvgIpc) is 2.66. The largest absolute Gasteiger partial charge is 0.416 e.